The van der Waals surface area contributed by atoms with Crippen LogP contribution < -0.4 is 4.74 Å². The minimum Gasteiger partial charge on any atom is -0.489 e. The second-order valence-corrected chi connectivity index (χ2v) is 8.53. The van der Waals surface area contributed by atoms with Crippen molar-refractivity contribution in [2.45, 2.75) is 44.9 Å². The van der Waals surface area contributed by atoms with Crippen molar-refractivity contribution in [1.82, 2.24) is 4.90 Å². The first-order valence-electron chi connectivity index (χ1n) is 11.0. The second-order valence-electron chi connectivity index (χ2n) is 8.53. The Bertz CT molecular complexity index is 1180. The van der Waals surface area contributed by atoms with Gasteiger partial charge in [-0.2, -0.15) is 0 Å². The lowest BCUT2D eigenvalue weighted by atomic mass is 10.0. The SMILES string of the molecule is O=Cc1cc(-c2cccc(COc3ccc4c(c3)CN(C3CCCC3)C4=O)c2)ccc1F. The topological polar surface area (TPSA) is 46.6 Å². The molecule has 0 radical (unpaired) electrons. The van der Waals surface area contributed by atoms with Crippen molar-refractivity contribution in [3.63, 3.8) is 0 Å². The van der Waals surface area contributed by atoms with Gasteiger partial charge >= 0.3 is 0 Å². The van der Waals surface area contributed by atoms with E-state index in [-0.39, 0.29) is 11.5 Å². The third-order valence-electron chi connectivity index (χ3n) is 6.46. The van der Waals surface area contributed by atoms with E-state index in [2.05, 4.69) is 0 Å². The number of nitrogens with zero attached hydrogens (tertiary/aromatic N) is 1. The minimum absolute atomic E-state index is 0.0449. The van der Waals surface area contributed by atoms with Gasteiger partial charge in [0, 0.05) is 18.2 Å². The van der Waals surface area contributed by atoms with Gasteiger partial charge in [-0.25, -0.2) is 4.39 Å². The smallest absolute Gasteiger partial charge is 0.254 e. The molecule has 1 amide bonds. The number of hydrogen-bond donors (Lipinski definition) is 0. The molecule has 0 unspecified atom stereocenters. The van der Waals surface area contributed by atoms with Gasteiger partial charge in [0.25, 0.3) is 5.91 Å². The molecular formula is C27H24FNO3. The fourth-order valence-corrected chi connectivity index (χ4v) is 4.74. The lowest BCUT2D eigenvalue weighted by Crippen LogP contribution is -2.33. The van der Waals surface area contributed by atoms with Gasteiger partial charge in [-0.3, -0.25) is 9.59 Å². The molecule has 1 heterocycles. The largest absolute Gasteiger partial charge is 0.489 e. The first-order chi connectivity index (χ1) is 15.6. The summed E-state index contributed by atoms with van der Waals surface area (Å²) in [6, 6.07) is 18.4. The molecule has 0 aromatic heterocycles. The van der Waals surface area contributed by atoms with Crippen LogP contribution in [0.25, 0.3) is 11.1 Å². The van der Waals surface area contributed by atoms with Gasteiger partial charge in [0.2, 0.25) is 0 Å². The van der Waals surface area contributed by atoms with Gasteiger partial charge in [-0.05, 0) is 71.5 Å². The zero-order valence-electron chi connectivity index (χ0n) is 17.7. The molecule has 1 aliphatic heterocycles. The molecule has 1 aliphatic carbocycles. The third kappa shape index (κ3) is 3.91. The normalized spacial score (nSPS) is 15.8. The summed E-state index contributed by atoms with van der Waals surface area (Å²) in [6.45, 7) is 1.03. The monoisotopic (exact) mass is 429 g/mol. The lowest BCUT2D eigenvalue weighted by molar-refractivity contribution is 0.0707. The van der Waals surface area contributed by atoms with Crippen LogP contribution in [0.15, 0.2) is 60.7 Å². The van der Waals surface area contributed by atoms with Crippen LogP contribution in [0.4, 0.5) is 4.39 Å². The number of hydrogen-bond acceptors (Lipinski definition) is 3. The van der Waals surface area contributed by atoms with Gasteiger partial charge in [0.05, 0.1) is 5.56 Å². The highest BCUT2D eigenvalue weighted by atomic mass is 19.1. The van der Waals surface area contributed by atoms with Crippen LogP contribution >= 0.6 is 0 Å². The van der Waals surface area contributed by atoms with Crippen LogP contribution in [-0.2, 0) is 13.2 Å². The predicted molar refractivity (Wildman–Crippen MR) is 120 cm³/mol. The molecule has 32 heavy (non-hydrogen) atoms. The zero-order chi connectivity index (χ0) is 22.1. The number of rotatable bonds is 6. The van der Waals surface area contributed by atoms with Crippen molar-refractivity contribution in [3.05, 3.63) is 88.7 Å². The molecule has 0 spiro atoms. The van der Waals surface area contributed by atoms with Crippen LogP contribution in [0.5, 0.6) is 5.75 Å². The number of carbonyl (C=O) groups excluding carboxylic acids is 2. The Labute approximate surface area is 186 Å². The molecule has 1 fully saturated rings. The zero-order valence-corrected chi connectivity index (χ0v) is 17.7. The van der Waals surface area contributed by atoms with Crippen molar-refractivity contribution >= 4 is 12.2 Å². The minimum atomic E-state index is -0.523. The Morgan fingerprint density at radius 1 is 1.00 bits per heavy atom. The van der Waals surface area contributed by atoms with E-state index in [1.54, 1.807) is 12.1 Å². The molecule has 0 saturated heterocycles. The summed E-state index contributed by atoms with van der Waals surface area (Å²) in [7, 11) is 0. The maximum atomic E-state index is 13.6. The van der Waals surface area contributed by atoms with E-state index >= 15 is 0 Å². The van der Waals surface area contributed by atoms with Crippen molar-refractivity contribution in [2.24, 2.45) is 0 Å². The Hall–Kier alpha value is -3.47. The summed E-state index contributed by atoms with van der Waals surface area (Å²) in [5.41, 5.74) is 4.49. The van der Waals surface area contributed by atoms with Crippen molar-refractivity contribution in [1.29, 1.82) is 0 Å². The number of benzene rings is 3. The van der Waals surface area contributed by atoms with Gasteiger partial charge in [-0.1, -0.05) is 37.1 Å². The Morgan fingerprint density at radius 2 is 1.81 bits per heavy atom. The molecule has 0 N–H and O–H groups in total. The molecule has 5 rings (SSSR count). The predicted octanol–water partition coefficient (Wildman–Crippen LogP) is 5.78. The van der Waals surface area contributed by atoms with Crippen LogP contribution in [-0.4, -0.2) is 23.1 Å². The van der Waals surface area contributed by atoms with Crippen LogP contribution in [0.1, 0.15) is 57.5 Å². The van der Waals surface area contributed by atoms with E-state index in [9.17, 15) is 14.0 Å². The molecule has 4 nitrogen and oxygen atoms in total. The van der Waals surface area contributed by atoms with Crippen LogP contribution in [0, 0.1) is 5.82 Å². The third-order valence-corrected chi connectivity index (χ3v) is 6.46. The van der Waals surface area contributed by atoms with E-state index in [1.807, 2.05) is 47.4 Å². The standard InChI is InChI=1S/C27H24FNO3/c28-26-11-8-20(13-22(26)16-30)19-5-3-4-18(12-19)17-32-24-9-10-25-21(14-24)15-29(27(25)31)23-6-1-2-7-23/h3-5,8-14,16,23H,1-2,6-7,15,17H2. The van der Waals surface area contributed by atoms with Crippen molar-refractivity contribution in [3.8, 4) is 16.9 Å². The highest BCUT2D eigenvalue weighted by molar-refractivity contribution is 5.98. The van der Waals surface area contributed by atoms with Gasteiger partial charge in [0.15, 0.2) is 6.29 Å². The summed E-state index contributed by atoms with van der Waals surface area (Å²) >= 11 is 0. The highest BCUT2D eigenvalue weighted by Crippen LogP contribution is 2.33. The van der Waals surface area contributed by atoms with E-state index in [0.717, 1.165) is 46.4 Å². The Morgan fingerprint density at radius 3 is 2.62 bits per heavy atom. The molecular weight excluding hydrogens is 405 g/mol. The van der Waals surface area contributed by atoms with Crippen LogP contribution in [0.3, 0.4) is 0 Å². The number of halogens is 1. The molecule has 162 valence electrons. The number of carbonyl (C=O) groups is 2. The maximum Gasteiger partial charge on any atom is 0.254 e. The summed E-state index contributed by atoms with van der Waals surface area (Å²) < 4.78 is 19.7. The first-order valence-corrected chi connectivity index (χ1v) is 11.0. The Balaban J connectivity index is 1.29. The molecule has 1 saturated carbocycles. The molecule has 0 atom stereocenters. The average Bonchev–Trinajstić information content (AvgIpc) is 3.46. The van der Waals surface area contributed by atoms with E-state index in [1.165, 1.54) is 18.9 Å². The Kier molecular flexibility index (Phi) is 5.48. The molecule has 0 bridgehead atoms. The number of fused-ring (bicyclic) bond motifs is 1. The van der Waals surface area contributed by atoms with E-state index in [0.29, 0.717) is 25.5 Å². The van der Waals surface area contributed by atoms with E-state index in [4.69, 9.17) is 4.74 Å². The van der Waals surface area contributed by atoms with Crippen molar-refractivity contribution in [2.75, 3.05) is 0 Å². The molecule has 5 heteroatoms. The van der Waals surface area contributed by atoms with Gasteiger partial charge in [-0.15, -0.1) is 0 Å². The highest BCUT2D eigenvalue weighted by Gasteiger charge is 2.34. The fourth-order valence-electron chi connectivity index (χ4n) is 4.74. The molecule has 3 aromatic carbocycles. The van der Waals surface area contributed by atoms with Gasteiger partial charge < -0.3 is 9.64 Å². The molecule has 2 aliphatic rings. The van der Waals surface area contributed by atoms with Gasteiger partial charge in [0.1, 0.15) is 18.2 Å². The quantitative estimate of drug-likeness (QED) is 0.467. The summed E-state index contributed by atoms with van der Waals surface area (Å²) in [5, 5.41) is 0. The first kappa shape index (κ1) is 20.4. The average molecular weight is 429 g/mol. The maximum absolute atomic E-state index is 13.6. The van der Waals surface area contributed by atoms with E-state index < -0.39 is 5.82 Å². The number of amides is 1. The fraction of sp³-hybridized carbons (Fsp3) is 0.259. The van der Waals surface area contributed by atoms with Crippen molar-refractivity contribution < 1.29 is 18.7 Å². The summed E-state index contributed by atoms with van der Waals surface area (Å²) in [6.07, 6.45) is 5.13. The summed E-state index contributed by atoms with van der Waals surface area (Å²) in [5.74, 6) is 0.352. The molecule has 3 aromatic rings. The number of aldehydes is 1. The lowest BCUT2D eigenvalue weighted by Gasteiger charge is -2.23. The van der Waals surface area contributed by atoms with Crippen LogP contribution in [0.2, 0.25) is 0 Å². The summed E-state index contributed by atoms with van der Waals surface area (Å²) in [4.78, 5) is 25.8. The number of ether oxygens (including phenoxy) is 1. The second kappa shape index (κ2) is 8.58.